The van der Waals surface area contributed by atoms with Crippen molar-refractivity contribution in [3.05, 3.63) is 0 Å². The lowest BCUT2D eigenvalue weighted by Gasteiger charge is -2.06. The van der Waals surface area contributed by atoms with Crippen molar-refractivity contribution in [1.82, 2.24) is 0 Å². The second-order valence-electron chi connectivity index (χ2n) is 3.33. The third-order valence-corrected chi connectivity index (χ3v) is 1.37. The van der Waals surface area contributed by atoms with Crippen LogP contribution in [0.1, 0.15) is 13.8 Å². The molecule has 0 spiro atoms. The normalized spacial score (nSPS) is 13.6. The minimum absolute atomic E-state index is 0.278. The van der Waals surface area contributed by atoms with Crippen molar-refractivity contribution in [3.8, 4) is 0 Å². The number of aliphatic hydroxyl groups excluding tert-OH is 1. The smallest absolute Gasteiger partial charge is 0.323 e. The van der Waals surface area contributed by atoms with Gasteiger partial charge in [0.25, 0.3) is 0 Å². The van der Waals surface area contributed by atoms with Crippen LogP contribution in [0.5, 0.6) is 0 Å². The van der Waals surface area contributed by atoms with Gasteiger partial charge in [0, 0.05) is 0 Å². The van der Waals surface area contributed by atoms with Crippen LogP contribution in [0.25, 0.3) is 0 Å². The largest absolute Gasteiger partial charge is 0.480 e. The van der Waals surface area contributed by atoms with E-state index in [1.165, 1.54) is 13.8 Å². The summed E-state index contributed by atoms with van der Waals surface area (Å²) in [6.07, 6.45) is -0.979. The zero-order valence-corrected chi connectivity index (χ0v) is 10.7. The Morgan fingerprint density at radius 3 is 1.26 bits per heavy atom. The van der Waals surface area contributed by atoms with Crippen LogP contribution >= 0.6 is 0 Å². The van der Waals surface area contributed by atoms with Crippen LogP contribution in [0.15, 0.2) is 0 Å². The Morgan fingerprint density at radius 1 is 1.00 bits per heavy atom. The highest BCUT2D eigenvalue weighted by molar-refractivity contribution is 5.73. The van der Waals surface area contributed by atoms with Gasteiger partial charge in [-0.3, -0.25) is 14.4 Å². The SMILES string of the molecule is CC(N)C(=O)O.CC(O)C(N)C(=O)O.NCC(=O)O. The van der Waals surface area contributed by atoms with Gasteiger partial charge in [0.15, 0.2) is 0 Å². The summed E-state index contributed by atoms with van der Waals surface area (Å²) in [7, 11) is 0. The second-order valence-corrected chi connectivity index (χ2v) is 3.33. The minimum atomic E-state index is -1.18. The molecule has 10 nitrogen and oxygen atoms in total. The van der Waals surface area contributed by atoms with E-state index in [0.29, 0.717) is 0 Å². The fourth-order valence-corrected chi connectivity index (χ4v) is 0.206. The molecule has 0 aromatic rings. The van der Waals surface area contributed by atoms with E-state index in [4.69, 9.17) is 31.9 Å². The molecule has 0 rings (SSSR count). The van der Waals surface area contributed by atoms with Gasteiger partial charge in [-0.05, 0) is 13.8 Å². The molecule has 0 amide bonds. The maximum Gasteiger partial charge on any atom is 0.323 e. The topological polar surface area (TPSA) is 210 Å². The van der Waals surface area contributed by atoms with E-state index in [2.05, 4.69) is 5.73 Å². The van der Waals surface area contributed by atoms with E-state index in [0.717, 1.165) is 0 Å². The zero-order chi connectivity index (χ0) is 16.2. The van der Waals surface area contributed by atoms with E-state index >= 15 is 0 Å². The molecule has 19 heavy (non-hydrogen) atoms. The Kier molecular flexibility index (Phi) is 15.0. The second kappa shape index (κ2) is 12.7. The molecule has 0 radical (unpaired) electrons. The maximum atomic E-state index is 9.86. The molecule has 0 saturated heterocycles. The Morgan fingerprint density at radius 2 is 1.26 bits per heavy atom. The van der Waals surface area contributed by atoms with Crippen LogP contribution in [-0.2, 0) is 14.4 Å². The van der Waals surface area contributed by atoms with E-state index in [9.17, 15) is 14.4 Å². The molecule has 0 aliphatic carbocycles. The van der Waals surface area contributed by atoms with Crippen molar-refractivity contribution >= 4 is 17.9 Å². The van der Waals surface area contributed by atoms with Crippen LogP contribution in [0.3, 0.4) is 0 Å². The summed E-state index contributed by atoms with van der Waals surface area (Å²) < 4.78 is 0. The van der Waals surface area contributed by atoms with Crippen LogP contribution in [0.4, 0.5) is 0 Å². The summed E-state index contributed by atoms with van der Waals surface area (Å²) in [5.41, 5.74) is 14.3. The van der Waals surface area contributed by atoms with Crippen molar-refractivity contribution in [2.24, 2.45) is 17.2 Å². The number of carbonyl (C=O) groups is 3. The van der Waals surface area contributed by atoms with Gasteiger partial charge in [0.2, 0.25) is 0 Å². The van der Waals surface area contributed by atoms with E-state index in [-0.39, 0.29) is 6.54 Å². The first kappa shape index (κ1) is 22.4. The summed E-state index contributed by atoms with van der Waals surface area (Å²) in [6, 6.07) is -1.89. The van der Waals surface area contributed by atoms with E-state index < -0.39 is 36.1 Å². The molecule has 0 aromatic carbocycles. The van der Waals surface area contributed by atoms with Crippen molar-refractivity contribution in [3.63, 3.8) is 0 Å². The first-order valence-electron chi connectivity index (χ1n) is 5.04. The van der Waals surface area contributed by atoms with Gasteiger partial charge in [-0.25, -0.2) is 0 Å². The van der Waals surface area contributed by atoms with Crippen LogP contribution in [0.2, 0.25) is 0 Å². The molecule has 0 aromatic heterocycles. The summed E-state index contributed by atoms with van der Waals surface area (Å²) in [5.74, 6) is -3.11. The summed E-state index contributed by atoms with van der Waals surface area (Å²) in [6.45, 7) is 2.47. The molecular weight excluding hydrogens is 262 g/mol. The molecule has 3 atom stereocenters. The van der Waals surface area contributed by atoms with Gasteiger partial charge in [0.05, 0.1) is 12.6 Å². The Bertz CT molecular complexity index is 281. The average molecular weight is 283 g/mol. The number of aliphatic hydroxyl groups is 1. The molecule has 0 saturated carbocycles. The van der Waals surface area contributed by atoms with E-state index in [1.807, 2.05) is 0 Å². The molecule has 10 heteroatoms. The molecule has 0 aliphatic heterocycles. The maximum absolute atomic E-state index is 9.86. The van der Waals surface area contributed by atoms with Gasteiger partial charge >= 0.3 is 17.9 Å². The predicted molar refractivity (Wildman–Crippen MR) is 65.3 cm³/mol. The Balaban J connectivity index is -0.000000209. The number of carboxylic acids is 3. The number of nitrogens with two attached hydrogens (primary N) is 3. The monoisotopic (exact) mass is 283 g/mol. The lowest BCUT2D eigenvalue weighted by Crippen LogP contribution is -2.39. The molecule has 3 unspecified atom stereocenters. The number of hydrogen-bond acceptors (Lipinski definition) is 7. The molecular formula is C9H21N3O7. The number of aliphatic carboxylic acids is 3. The standard InChI is InChI=1S/C4H9NO3.C3H7NO2.C2H5NO2/c1-2(6)3(5)4(7)8;1-2(4)3(5)6;3-1-2(4)5/h2-3,6H,5H2,1H3,(H,7,8);2H,4H2,1H3,(H,5,6);1,3H2,(H,4,5). The van der Waals surface area contributed by atoms with Gasteiger partial charge in [-0.15, -0.1) is 0 Å². The highest BCUT2D eigenvalue weighted by atomic mass is 16.4. The van der Waals surface area contributed by atoms with Crippen molar-refractivity contribution in [2.75, 3.05) is 6.54 Å². The molecule has 0 fully saturated rings. The molecule has 0 heterocycles. The summed E-state index contributed by atoms with van der Waals surface area (Å²) in [4.78, 5) is 28.7. The average Bonchev–Trinajstić information content (AvgIpc) is 2.28. The Hall–Kier alpha value is -1.75. The molecule has 114 valence electrons. The van der Waals surface area contributed by atoms with Crippen LogP contribution < -0.4 is 17.2 Å². The minimum Gasteiger partial charge on any atom is -0.480 e. The van der Waals surface area contributed by atoms with Gasteiger partial charge in [-0.2, -0.15) is 0 Å². The first-order valence-corrected chi connectivity index (χ1v) is 5.04. The number of carboxylic acid groups (broad SMARTS) is 3. The zero-order valence-electron chi connectivity index (χ0n) is 10.7. The van der Waals surface area contributed by atoms with Crippen molar-refractivity contribution < 1.29 is 34.8 Å². The lowest BCUT2D eigenvalue weighted by molar-refractivity contribution is -0.141. The van der Waals surface area contributed by atoms with Crippen LogP contribution in [0, 0.1) is 0 Å². The fourth-order valence-electron chi connectivity index (χ4n) is 0.206. The van der Waals surface area contributed by atoms with Crippen molar-refractivity contribution in [2.45, 2.75) is 32.0 Å². The van der Waals surface area contributed by atoms with E-state index in [1.54, 1.807) is 0 Å². The quantitative estimate of drug-likeness (QED) is 0.282. The van der Waals surface area contributed by atoms with Gasteiger partial charge in [0.1, 0.15) is 12.1 Å². The number of hydrogen-bond donors (Lipinski definition) is 7. The van der Waals surface area contributed by atoms with Gasteiger partial charge < -0.3 is 37.6 Å². The molecule has 0 bridgehead atoms. The predicted octanol–water partition coefficient (Wildman–Crippen LogP) is -2.77. The number of rotatable bonds is 4. The van der Waals surface area contributed by atoms with Crippen molar-refractivity contribution in [1.29, 1.82) is 0 Å². The summed E-state index contributed by atoms with van der Waals surface area (Å²) >= 11 is 0. The summed E-state index contributed by atoms with van der Waals surface area (Å²) in [5, 5.41) is 32.0. The van der Waals surface area contributed by atoms with Crippen LogP contribution in [-0.4, -0.2) is 63.1 Å². The fraction of sp³-hybridized carbons (Fsp3) is 0.667. The first-order chi connectivity index (χ1) is 8.47. The lowest BCUT2D eigenvalue weighted by atomic mass is 10.2. The third-order valence-electron chi connectivity index (χ3n) is 1.37. The highest BCUT2D eigenvalue weighted by Crippen LogP contribution is 1.85. The Labute approximate surface area is 109 Å². The molecule has 10 N–H and O–H groups in total. The molecule has 0 aliphatic rings. The third kappa shape index (κ3) is 22.0. The van der Waals surface area contributed by atoms with Gasteiger partial charge in [-0.1, -0.05) is 0 Å². The highest BCUT2D eigenvalue weighted by Gasteiger charge is 2.16.